The predicted molar refractivity (Wildman–Crippen MR) is 107 cm³/mol. The van der Waals surface area contributed by atoms with Crippen LogP contribution in [0, 0.1) is 6.92 Å². The molecule has 0 bridgehead atoms. The summed E-state index contributed by atoms with van der Waals surface area (Å²) >= 11 is 9.43. The third kappa shape index (κ3) is 3.48. The van der Waals surface area contributed by atoms with Gasteiger partial charge in [-0.2, -0.15) is 0 Å². The second-order valence-corrected chi connectivity index (χ2v) is 9.34. The molecule has 2 aromatic carbocycles. The van der Waals surface area contributed by atoms with E-state index in [4.69, 9.17) is 11.6 Å². The molecule has 138 valence electrons. The molecule has 0 aliphatic carbocycles. The number of benzene rings is 2. The number of amides is 1. The minimum atomic E-state index is -3.86. The molecule has 1 aliphatic heterocycles. The van der Waals surface area contributed by atoms with E-state index < -0.39 is 10.0 Å². The van der Waals surface area contributed by atoms with E-state index in [1.807, 2.05) is 13.8 Å². The maximum absolute atomic E-state index is 12.9. The molecule has 3 rings (SSSR count). The molecule has 1 atom stereocenters. The molecular formula is C18H18BrClN2O3S. The zero-order valence-corrected chi connectivity index (χ0v) is 17.7. The normalized spacial score (nSPS) is 16.5. The zero-order chi connectivity index (χ0) is 19.2. The number of fused-ring (bicyclic) bond motifs is 1. The van der Waals surface area contributed by atoms with Crippen molar-refractivity contribution in [3.8, 4) is 0 Å². The van der Waals surface area contributed by atoms with E-state index in [9.17, 15) is 13.2 Å². The lowest BCUT2D eigenvalue weighted by molar-refractivity contribution is -0.116. The summed E-state index contributed by atoms with van der Waals surface area (Å²) in [6.45, 7) is 5.26. The van der Waals surface area contributed by atoms with Gasteiger partial charge in [0, 0.05) is 28.1 Å². The molecule has 1 amide bonds. The SMILES string of the molecule is CC(=O)N1c2cc(S(=O)(=O)Nc3ccc(C)c(Cl)c3)c(Br)cc2CC1C. The van der Waals surface area contributed by atoms with Gasteiger partial charge in [-0.15, -0.1) is 0 Å². The van der Waals surface area contributed by atoms with Crippen molar-refractivity contribution in [2.45, 2.75) is 38.1 Å². The van der Waals surface area contributed by atoms with Crippen LogP contribution < -0.4 is 9.62 Å². The molecule has 5 nitrogen and oxygen atoms in total. The maximum Gasteiger partial charge on any atom is 0.263 e. The van der Waals surface area contributed by atoms with Gasteiger partial charge in [-0.25, -0.2) is 8.42 Å². The summed E-state index contributed by atoms with van der Waals surface area (Å²) in [6.07, 6.45) is 0.689. The third-order valence-electron chi connectivity index (χ3n) is 4.40. The number of nitrogens with zero attached hydrogens (tertiary/aromatic N) is 1. The number of anilines is 2. The highest BCUT2D eigenvalue weighted by Crippen LogP contribution is 2.38. The van der Waals surface area contributed by atoms with Crippen LogP contribution in [0.3, 0.4) is 0 Å². The number of nitrogens with one attached hydrogen (secondary N) is 1. The summed E-state index contributed by atoms with van der Waals surface area (Å²) in [6, 6.07) is 8.28. The number of rotatable bonds is 3. The second-order valence-electron chi connectivity index (χ2n) is 6.42. The Bertz CT molecular complexity index is 1010. The lowest BCUT2D eigenvalue weighted by atomic mass is 10.1. The van der Waals surface area contributed by atoms with Gasteiger partial charge in [0.25, 0.3) is 10.0 Å². The Morgan fingerprint density at radius 3 is 2.62 bits per heavy atom. The standard InChI is InChI=1S/C18H18BrClN2O3S/c1-10-4-5-14(8-16(10)20)21-26(24,25)18-9-17-13(7-15(18)19)6-11(2)22(17)12(3)23/h4-5,7-9,11,21H,6H2,1-3H3. The first-order valence-corrected chi connectivity index (χ1v) is 10.7. The average molecular weight is 458 g/mol. The Morgan fingerprint density at radius 1 is 1.31 bits per heavy atom. The molecule has 0 radical (unpaired) electrons. The first-order chi connectivity index (χ1) is 12.1. The van der Waals surface area contributed by atoms with Crippen molar-refractivity contribution < 1.29 is 13.2 Å². The van der Waals surface area contributed by atoms with Gasteiger partial charge in [-0.1, -0.05) is 17.7 Å². The summed E-state index contributed by atoms with van der Waals surface area (Å²) in [4.78, 5) is 13.7. The van der Waals surface area contributed by atoms with E-state index in [0.29, 0.717) is 27.3 Å². The summed E-state index contributed by atoms with van der Waals surface area (Å²) in [5, 5.41) is 0.481. The average Bonchev–Trinajstić information content (AvgIpc) is 2.84. The van der Waals surface area contributed by atoms with E-state index in [0.717, 1.165) is 11.1 Å². The monoisotopic (exact) mass is 456 g/mol. The summed E-state index contributed by atoms with van der Waals surface area (Å²) < 4.78 is 28.8. The van der Waals surface area contributed by atoms with Gasteiger partial charge >= 0.3 is 0 Å². The van der Waals surface area contributed by atoms with Crippen molar-refractivity contribution in [1.29, 1.82) is 0 Å². The molecule has 1 aliphatic rings. The van der Waals surface area contributed by atoms with Gasteiger partial charge in [0.05, 0.1) is 5.69 Å². The fourth-order valence-corrected chi connectivity index (χ4v) is 5.51. The van der Waals surface area contributed by atoms with Gasteiger partial charge in [-0.05, 0) is 71.6 Å². The lowest BCUT2D eigenvalue weighted by Gasteiger charge is -2.21. The molecule has 1 heterocycles. The fraction of sp³-hybridized carbons (Fsp3) is 0.278. The minimum Gasteiger partial charge on any atom is -0.309 e. The molecule has 1 N–H and O–H groups in total. The summed E-state index contributed by atoms with van der Waals surface area (Å²) in [7, 11) is -3.86. The van der Waals surface area contributed by atoms with E-state index in [1.165, 1.54) is 6.92 Å². The Balaban J connectivity index is 2.03. The molecule has 2 aromatic rings. The molecule has 0 saturated carbocycles. The van der Waals surface area contributed by atoms with E-state index in [2.05, 4.69) is 20.7 Å². The highest BCUT2D eigenvalue weighted by molar-refractivity contribution is 9.10. The van der Waals surface area contributed by atoms with Crippen LogP contribution in [-0.4, -0.2) is 20.4 Å². The first-order valence-electron chi connectivity index (χ1n) is 8.01. The van der Waals surface area contributed by atoms with Crippen LogP contribution in [0.4, 0.5) is 11.4 Å². The molecule has 0 aromatic heterocycles. The summed E-state index contributed by atoms with van der Waals surface area (Å²) in [5.74, 6) is -0.111. The second kappa shape index (κ2) is 6.87. The number of hydrogen-bond acceptors (Lipinski definition) is 3. The van der Waals surface area contributed by atoms with E-state index >= 15 is 0 Å². The largest absolute Gasteiger partial charge is 0.309 e. The van der Waals surface area contributed by atoms with Crippen molar-refractivity contribution in [1.82, 2.24) is 0 Å². The Hall–Kier alpha value is -1.57. The quantitative estimate of drug-likeness (QED) is 0.737. The Labute approximate surface area is 166 Å². The Kier molecular flexibility index (Phi) is 5.07. The van der Waals surface area contributed by atoms with Crippen LogP contribution in [0.15, 0.2) is 39.7 Å². The van der Waals surface area contributed by atoms with Crippen molar-refractivity contribution in [3.63, 3.8) is 0 Å². The lowest BCUT2D eigenvalue weighted by Crippen LogP contribution is -2.33. The first kappa shape index (κ1) is 19.2. The number of sulfonamides is 1. The van der Waals surface area contributed by atoms with Crippen molar-refractivity contribution >= 4 is 54.8 Å². The number of aryl methyl sites for hydroxylation is 1. The van der Waals surface area contributed by atoms with E-state index in [-0.39, 0.29) is 16.8 Å². The molecule has 0 fully saturated rings. The molecule has 8 heteroatoms. The number of carbonyl (C=O) groups is 1. The number of hydrogen-bond donors (Lipinski definition) is 1. The van der Waals surface area contributed by atoms with Gasteiger partial charge in [-0.3, -0.25) is 9.52 Å². The van der Waals surface area contributed by atoms with E-state index in [1.54, 1.807) is 35.2 Å². The maximum atomic E-state index is 12.9. The zero-order valence-electron chi connectivity index (χ0n) is 14.5. The smallest absolute Gasteiger partial charge is 0.263 e. The van der Waals surface area contributed by atoms with Crippen molar-refractivity contribution in [3.05, 3.63) is 51.0 Å². The fourth-order valence-electron chi connectivity index (χ4n) is 3.17. The van der Waals surface area contributed by atoms with Gasteiger partial charge < -0.3 is 4.90 Å². The molecule has 1 unspecified atom stereocenters. The van der Waals surface area contributed by atoms with Gasteiger partial charge in [0.15, 0.2) is 0 Å². The van der Waals surface area contributed by atoms with Crippen LogP contribution in [0.5, 0.6) is 0 Å². The number of carbonyl (C=O) groups excluding carboxylic acids is 1. The number of halogens is 2. The Morgan fingerprint density at radius 2 is 2.00 bits per heavy atom. The molecule has 0 saturated heterocycles. The predicted octanol–water partition coefficient (Wildman–Crippen LogP) is 4.51. The van der Waals surface area contributed by atoms with Crippen LogP contribution in [0.2, 0.25) is 5.02 Å². The van der Waals surface area contributed by atoms with Crippen molar-refractivity contribution in [2.75, 3.05) is 9.62 Å². The molecule has 26 heavy (non-hydrogen) atoms. The van der Waals surface area contributed by atoms with Crippen molar-refractivity contribution in [2.24, 2.45) is 0 Å². The van der Waals surface area contributed by atoms with Crippen LogP contribution >= 0.6 is 27.5 Å². The van der Waals surface area contributed by atoms with Gasteiger partial charge in [0.1, 0.15) is 4.90 Å². The van der Waals surface area contributed by atoms with Gasteiger partial charge in [0.2, 0.25) is 5.91 Å². The van der Waals surface area contributed by atoms with Crippen LogP contribution in [0.25, 0.3) is 0 Å². The van der Waals surface area contributed by atoms with Crippen LogP contribution in [0.1, 0.15) is 25.0 Å². The molecular weight excluding hydrogens is 440 g/mol. The summed E-state index contributed by atoms with van der Waals surface area (Å²) in [5.41, 5.74) is 2.82. The molecule has 0 spiro atoms. The minimum absolute atomic E-state index is 0.00350. The highest BCUT2D eigenvalue weighted by Gasteiger charge is 2.32. The van der Waals surface area contributed by atoms with Crippen LogP contribution in [-0.2, 0) is 21.2 Å². The third-order valence-corrected chi connectivity index (χ3v) is 7.15. The topological polar surface area (TPSA) is 66.5 Å². The highest BCUT2D eigenvalue weighted by atomic mass is 79.9.